The smallest absolute Gasteiger partial charge is 0.169 e. The van der Waals surface area contributed by atoms with Gasteiger partial charge >= 0.3 is 0 Å². The van der Waals surface area contributed by atoms with E-state index in [1.165, 1.54) is 0 Å². The molecule has 0 radical (unpaired) electrons. The van der Waals surface area contributed by atoms with Crippen molar-refractivity contribution < 1.29 is 9.15 Å². The van der Waals surface area contributed by atoms with Gasteiger partial charge in [0.25, 0.3) is 0 Å². The molecule has 1 N–H and O–H groups in total. The van der Waals surface area contributed by atoms with Crippen molar-refractivity contribution in [1.82, 2.24) is 10.2 Å². The minimum atomic E-state index is 0.202. The first-order valence-electron chi connectivity index (χ1n) is 5.58. The van der Waals surface area contributed by atoms with Gasteiger partial charge in [-0.3, -0.25) is 0 Å². The van der Waals surface area contributed by atoms with E-state index < -0.39 is 0 Å². The van der Waals surface area contributed by atoms with Crippen LogP contribution in [0.1, 0.15) is 18.4 Å². The number of rotatable bonds is 5. The van der Waals surface area contributed by atoms with Crippen LogP contribution in [0.2, 0.25) is 0 Å². The highest BCUT2D eigenvalue weighted by Gasteiger charge is 2.10. The molecule has 0 saturated heterocycles. The lowest BCUT2D eigenvalue weighted by Crippen LogP contribution is -2.43. The van der Waals surface area contributed by atoms with Gasteiger partial charge in [-0.1, -0.05) is 0 Å². The molecular weight excluding hydrogens is 236 g/mol. The number of nitrogens with one attached hydrogen (secondary N) is 1. The van der Waals surface area contributed by atoms with Crippen molar-refractivity contribution in [3.63, 3.8) is 0 Å². The van der Waals surface area contributed by atoms with Crippen molar-refractivity contribution >= 4 is 17.3 Å². The number of thiocarbonyl (C=S) groups is 1. The minimum absolute atomic E-state index is 0.202. The fraction of sp³-hybridized carbons (Fsp3) is 0.583. The molecule has 1 aromatic rings. The lowest BCUT2D eigenvalue weighted by atomic mass is 10.3. The van der Waals surface area contributed by atoms with Crippen LogP contribution in [0.15, 0.2) is 16.5 Å². The third-order valence-corrected chi connectivity index (χ3v) is 2.75. The second-order valence-corrected chi connectivity index (χ2v) is 4.56. The van der Waals surface area contributed by atoms with E-state index >= 15 is 0 Å². The largest absolute Gasteiger partial charge is 0.464 e. The van der Waals surface area contributed by atoms with Crippen molar-refractivity contribution in [2.24, 2.45) is 0 Å². The second kappa shape index (κ2) is 6.61. The summed E-state index contributed by atoms with van der Waals surface area (Å²) in [4.78, 5) is 1.94. The number of hydrogen-bond donors (Lipinski definition) is 1. The molecule has 0 bridgehead atoms. The van der Waals surface area contributed by atoms with Gasteiger partial charge in [0.1, 0.15) is 11.5 Å². The van der Waals surface area contributed by atoms with Crippen LogP contribution in [0.3, 0.4) is 0 Å². The van der Waals surface area contributed by atoms with Gasteiger partial charge in [-0.25, -0.2) is 0 Å². The van der Waals surface area contributed by atoms with Gasteiger partial charge < -0.3 is 19.4 Å². The summed E-state index contributed by atoms with van der Waals surface area (Å²) in [5.41, 5.74) is 0. The molecule has 0 aliphatic heterocycles. The van der Waals surface area contributed by atoms with Gasteiger partial charge in [0, 0.05) is 20.2 Å². The lowest BCUT2D eigenvalue weighted by molar-refractivity contribution is 0.178. The van der Waals surface area contributed by atoms with Crippen LogP contribution in [0.5, 0.6) is 0 Å². The molecule has 0 aromatic carbocycles. The summed E-state index contributed by atoms with van der Waals surface area (Å²) in [5, 5.41) is 3.90. The van der Waals surface area contributed by atoms with Crippen LogP contribution in [0.25, 0.3) is 0 Å². The molecule has 1 aromatic heterocycles. The highest BCUT2D eigenvalue weighted by molar-refractivity contribution is 7.80. The summed E-state index contributed by atoms with van der Waals surface area (Å²) >= 11 is 5.29. The Morgan fingerprint density at radius 2 is 2.29 bits per heavy atom. The first-order valence-corrected chi connectivity index (χ1v) is 5.99. The molecule has 1 atom stereocenters. The van der Waals surface area contributed by atoms with Crippen molar-refractivity contribution in [2.45, 2.75) is 26.4 Å². The molecule has 17 heavy (non-hydrogen) atoms. The fourth-order valence-electron chi connectivity index (χ4n) is 1.49. The van der Waals surface area contributed by atoms with E-state index in [0.29, 0.717) is 18.3 Å². The van der Waals surface area contributed by atoms with Crippen molar-refractivity contribution in [2.75, 3.05) is 20.8 Å². The summed E-state index contributed by atoms with van der Waals surface area (Å²) in [7, 11) is 3.61. The topological polar surface area (TPSA) is 37.6 Å². The van der Waals surface area contributed by atoms with Gasteiger partial charge in [0.05, 0.1) is 13.2 Å². The van der Waals surface area contributed by atoms with Crippen molar-refractivity contribution in [3.8, 4) is 0 Å². The average molecular weight is 256 g/mol. The molecule has 0 saturated carbocycles. The Balaban J connectivity index is 2.41. The maximum atomic E-state index is 5.50. The van der Waals surface area contributed by atoms with Crippen LogP contribution in [-0.2, 0) is 11.3 Å². The standard InChI is InChI=1S/C12H20N2O2S/c1-9(8-15-4)13-12(17)14(3)7-11-6-5-10(2)16-11/h5-6,9H,7-8H2,1-4H3,(H,13,17). The maximum Gasteiger partial charge on any atom is 0.169 e. The number of hydrogen-bond acceptors (Lipinski definition) is 3. The third-order valence-electron chi connectivity index (χ3n) is 2.32. The van der Waals surface area contributed by atoms with Gasteiger partial charge in [-0.15, -0.1) is 0 Å². The molecule has 0 spiro atoms. The van der Waals surface area contributed by atoms with E-state index in [1.54, 1.807) is 7.11 Å². The first kappa shape index (κ1) is 14.0. The number of nitrogens with zero attached hydrogens (tertiary/aromatic N) is 1. The van der Waals surface area contributed by atoms with E-state index in [1.807, 2.05) is 37.9 Å². The predicted octanol–water partition coefficient (Wildman–Crippen LogP) is 1.93. The Morgan fingerprint density at radius 3 is 2.82 bits per heavy atom. The zero-order chi connectivity index (χ0) is 12.8. The highest BCUT2D eigenvalue weighted by atomic mass is 32.1. The number of methoxy groups -OCH3 is 1. The van der Waals surface area contributed by atoms with Crippen molar-refractivity contribution in [1.29, 1.82) is 0 Å². The van der Waals surface area contributed by atoms with E-state index in [4.69, 9.17) is 21.4 Å². The van der Waals surface area contributed by atoms with E-state index in [2.05, 4.69) is 5.32 Å². The number of furan rings is 1. The third kappa shape index (κ3) is 4.75. The summed E-state index contributed by atoms with van der Waals surface area (Å²) < 4.78 is 10.5. The molecule has 96 valence electrons. The SMILES string of the molecule is COCC(C)NC(=S)N(C)Cc1ccc(C)o1. The Bertz CT molecular complexity index is 365. The normalized spacial score (nSPS) is 12.2. The summed E-state index contributed by atoms with van der Waals surface area (Å²) in [6, 6.07) is 4.12. The molecule has 5 heteroatoms. The quantitative estimate of drug-likeness (QED) is 0.815. The summed E-state index contributed by atoms with van der Waals surface area (Å²) in [5.74, 6) is 1.83. The van der Waals surface area contributed by atoms with Gasteiger partial charge in [0.15, 0.2) is 5.11 Å². The average Bonchev–Trinajstić information content (AvgIpc) is 2.64. The molecule has 4 nitrogen and oxygen atoms in total. The predicted molar refractivity (Wildman–Crippen MR) is 72.0 cm³/mol. The number of aryl methyl sites for hydroxylation is 1. The monoisotopic (exact) mass is 256 g/mol. The molecule has 0 amide bonds. The Hall–Kier alpha value is -1.07. The molecule has 1 heterocycles. The molecule has 0 aliphatic rings. The Kier molecular flexibility index (Phi) is 5.44. The maximum absolute atomic E-state index is 5.50. The Labute approximate surface area is 108 Å². The van der Waals surface area contributed by atoms with Crippen LogP contribution in [0.4, 0.5) is 0 Å². The fourth-order valence-corrected chi connectivity index (χ4v) is 1.75. The molecule has 1 unspecified atom stereocenters. The van der Waals surface area contributed by atoms with Crippen molar-refractivity contribution in [3.05, 3.63) is 23.7 Å². The molecule has 0 aliphatic carbocycles. The van der Waals surface area contributed by atoms with E-state index in [0.717, 1.165) is 11.5 Å². The van der Waals surface area contributed by atoms with Gasteiger partial charge in [0.2, 0.25) is 0 Å². The summed E-state index contributed by atoms with van der Waals surface area (Å²) in [6.45, 7) is 5.26. The molecule has 1 rings (SSSR count). The van der Waals surface area contributed by atoms with E-state index in [-0.39, 0.29) is 6.04 Å². The van der Waals surface area contributed by atoms with Gasteiger partial charge in [-0.05, 0) is 38.2 Å². The minimum Gasteiger partial charge on any atom is -0.464 e. The van der Waals surface area contributed by atoms with Crippen LogP contribution in [-0.4, -0.2) is 36.8 Å². The molecular formula is C12H20N2O2S. The zero-order valence-corrected chi connectivity index (χ0v) is 11.6. The Morgan fingerprint density at radius 1 is 1.59 bits per heavy atom. The summed E-state index contributed by atoms with van der Waals surface area (Å²) in [6.07, 6.45) is 0. The highest BCUT2D eigenvalue weighted by Crippen LogP contribution is 2.08. The molecule has 0 fully saturated rings. The zero-order valence-electron chi connectivity index (χ0n) is 10.8. The van der Waals surface area contributed by atoms with Gasteiger partial charge in [-0.2, -0.15) is 0 Å². The van der Waals surface area contributed by atoms with Crippen LogP contribution < -0.4 is 5.32 Å². The van der Waals surface area contributed by atoms with Crippen LogP contribution in [0, 0.1) is 6.92 Å². The first-order chi connectivity index (χ1) is 8.02. The number of ether oxygens (including phenoxy) is 1. The lowest BCUT2D eigenvalue weighted by Gasteiger charge is -2.23. The van der Waals surface area contributed by atoms with Crippen LogP contribution >= 0.6 is 12.2 Å². The second-order valence-electron chi connectivity index (χ2n) is 4.17. The van der Waals surface area contributed by atoms with E-state index in [9.17, 15) is 0 Å².